The molecule has 35 heavy (non-hydrogen) atoms. The highest BCUT2D eigenvalue weighted by atomic mass is 32.1. The molecule has 12 heteroatoms. The fourth-order valence-corrected chi connectivity index (χ4v) is 4.13. The molecule has 0 saturated heterocycles. The summed E-state index contributed by atoms with van der Waals surface area (Å²) in [5.41, 5.74) is 0.589. The van der Waals surface area contributed by atoms with Crippen LogP contribution in [0.4, 0.5) is 15.8 Å². The summed E-state index contributed by atoms with van der Waals surface area (Å²) in [5, 5.41) is 17.6. The third-order valence-corrected chi connectivity index (χ3v) is 5.89. The van der Waals surface area contributed by atoms with Crippen LogP contribution in [0.3, 0.4) is 0 Å². The summed E-state index contributed by atoms with van der Waals surface area (Å²) < 4.78 is 19.2. The Balaban J connectivity index is 2.25. The van der Waals surface area contributed by atoms with Crippen molar-refractivity contribution in [2.75, 3.05) is 57.7 Å². The van der Waals surface area contributed by atoms with Gasteiger partial charge < -0.3 is 20.7 Å². The van der Waals surface area contributed by atoms with Gasteiger partial charge in [-0.15, -0.1) is 11.3 Å². The summed E-state index contributed by atoms with van der Waals surface area (Å²) in [7, 11) is 3.42. The van der Waals surface area contributed by atoms with Gasteiger partial charge in [-0.3, -0.25) is 23.9 Å². The Morgan fingerprint density at radius 1 is 1.34 bits per heavy atom. The van der Waals surface area contributed by atoms with Gasteiger partial charge in [-0.25, -0.2) is 4.39 Å². The number of hydrogen-bond donors (Lipinski definition) is 3. The lowest BCUT2D eigenvalue weighted by Crippen LogP contribution is -2.35. The Bertz CT molecular complexity index is 1250. The van der Waals surface area contributed by atoms with Gasteiger partial charge in [0.1, 0.15) is 21.9 Å². The van der Waals surface area contributed by atoms with Crippen LogP contribution in [0.15, 0.2) is 29.1 Å². The Hall–Kier alpha value is -3.53. The average Bonchev–Trinajstić information content (AvgIpc) is 3.15. The number of halogens is 1. The molecule has 0 atom stereocenters. The van der Waals surface area contributed by atoms with E-state index in [9.17, 15) is 24.0 Å². The molecule has 3 N–H and O–H groups in total. The standard InChI is InChI=1S/C23H29FN6O4S/c1-4-30-22(33)19(35-23(30)18(13-25)21(32)26-9-8-24)14-27-16-6-5-7-17(12-16)28-20(31)15-29(2)10-11-34-3/h5-7,12,14,27H,4,8-11,15H2,1-3H3,(H,26,32)(H,28,31). The van der Waals surface area contributed by atoms with Crippen molar-refractivity contribution < 1.29 is 18.7 Å². The van der Waals surface area contributed by atoms with Crippen molar-refractivity contribution in [1.82, 2.24) is 14.8 Å². The second-order valence-corrected chi connectivity index (χ2v) is 8.43. The van der Waals surface area contributed by atoms with Gasteiger partial charge in [-0.05, 0) is 32.2 Å². The number of amides is 2. The fraction of sp³-hybridized carbons (Fsp3) is 0.391. The van der Waals surface area contributed by atoms with E-state index in [2.05, 4.69) is 16.0 Å². The number of ether oxygens (including phenoxy) is 1. The summed E-state index contributed by atoms with van der Waals surface area (Å²) in [5.74, 6) is -0.909. The number of methoxy groups -OCH3 is 1. The second-order valence-electron chi connectivity index (χ2n) is 7.40. The number of likely N-dealkylation sites (N-methyl/N-ethyl adjacent to an activating group) is 1. The molecule has 2 aromatic rings. The number of nitrogens with one attached hydrogen (secondary N) is 3. The van der Waals surface area contributed by atoms with Crippen molar-refractivity contribution >= 4 is 46.3 Å². The maximum absolute atomic E-state index is 12.8. The van der Waals surface area contributed by atoms with Gasteiger partial charge in [-0.2, -0.15) is 5.26 Å². The van der Waals surface area contributed by atoms with Crippen LogP contribution in [0.2, 0.25) is 0 Å². The SMILES string of the molecule is CCn1c(=C(C#N)C(=O)NCCF)sc(=CNc2cccc(NC(=O)CN(C)CCOC)c2)c1=O. The first kappa shape index (κ1) is 27.7. The predicted octanol–water partition coefficient (Wildman–Crippen LogP) is 0.0565. The molecule has 188 valence electrons. The van der Waals surface area contributed by atoms with Crippen molar-refractivity contribution in [3.63, 3.8) is 0 Å². The first-order valence-electron chi connectivity index (χ1n) is 10.9. The van der Waals surface area contributed by atoms with E-state index in [1.54, 1.807) is 38.3 Å². The average molecular weight is 505 g/mol. The van der Waals surface area contributed by atoms with Gasteiger partial charge in [0.25, 0.3) is 11.5 Å². The highest BCUT2D eigenvalue weighted by Gasteiger charge is 2.15. The minimum absolute atomic E-state index is 0.177. The molecule has 1 heterocycles. The molecular formula is C23H29FN6O4S. The number of aromatic nitrogens is 1. The number of nitrogens with zero attached hydrogens (tertiary/aromatic N) is 3. The molecule has 0 saturated carbocycles. The Kier molecular flexibility index (Phi) is 11.1. The first-order valence-corrected chi connectivity index (χ1v) is 11.7. The van der Waals surface area contributed by atoms with Gasteiger partial charge in [0, 0.05) is 44.3 Å². The minimum Gasteiger partial charge on any atom is -0.383 e. The lowest BCUT2D eigenvalue weighted by Gasteiger charge is -2.15. The summed E-state index contributed by atoms with van der Waals surface area (Å²) in [4.78, 5) is 39.1. The molecule has 0 aliphatic carbocycles. The molecule has 0 aliphatic rings. The summed E-state index contributed by atoms with van der Waals surface area (Å²) >= 11 is 0.985. The van der Waals surface area contributed by atoms with Crippen LogP contribution in [0.25, 0.3) is 11.8 Å². The number of alkyl halides is 1. The number of carbonyl (C=O) groups is 2. The number of hydrogen-bond acceptors (Lipinski definition) is 8. The van der Waals surface area contributed by atoms with Crippen LogP contribution in [0.1, 0.15) is 6.92 Å². The minimum atomic E-state index is -0.761. The normalized spacial score (nSPS) is 12.3. The number of rotatable bonds is 12. The Labute approximate surface area is 206 Å². The second kappa shape index (κ2) is 14.0. The predicted molar refractivity (Wildman–Crippen MR) is 134 cm³/mol. The number of carbonyl (C=O) groups excluding carboxylic acids is 2. The molecule has 0 fully saturated rings. The maximum atomic E-state index is 12.8. The van der Waals surface area contributed by atoms with Crippen molar-refractivity contribution in [1.29, 1.82) is 5.26 Å². The molecule has 2 amide bonds. The van der Waals surface area contributed by atoms with Crippen LogP contribution < -0.4 is 30.7 Å². The lowest BCUT2D eigenvalue weighted by atomic mass is 10.2. The van der Waals surface area contributed by atoms with Gasteiger partial charge in [-0.1, -0.05) is 6.07 Å². The zero-order valence-electron chi connectivity index (χ0n) is 19.9. The van der Waals surface area contributed by atoms with Crippen molar-refractivity contribution in [3.8, 4) is 6.07 Å². The van der Waals surface area contributed by atoms with Crippen LogP contribution in [-0.2, 0) is 20.9 Å². The quantitative estimate of drug-likeness (QED) is 0.373. The topological polar surface area (TPSA) is 128 Å². The molecule has 2 rings (SSSR count). The summed E-state index contributed by atoms with van der Waals surface area (Å²) in [6, 6.07) is 8.79. The molecule has 0 spiro atoms. The largest absolute Gasteiger partial charge is 0.383 e. The van der Waals surface area contributed by atoms with E-state index in [0.29, 0.717) is 24.5 Å². The van der Waals surface area contributed by atoms with Crippen molar-refractivity contribution in [2.45, 2.75) is 13.5 Å². The van der Waals surface area contributed by atoms with Gasteiger partial charge in [0.05, 0.1) is 13.2 Å². The summed E-state index contributed by atoms with van der Waals surface area (Å²) in [6.45, 7) is 2.35. The van der Waals surface area contributed by atoms with Crippen LogP contribution in [0, 0.1) is 11.3 Å². The number of anilines is 2. The van der Waals surface area contributed by atoms with E-state index in [1.807, 2.05) is 18.0 Å². The van der Waals surface area contributed by atoms with E-state index < -0.39 is 12.6 Å². The molecular weight excluding hydrogens is 475 g/mol. The van der Waals surface area contributed by atoms with E-state index in [-0.39, 0.29) is 45.9 Å². The number of benzene rings is 1. The van der Waals surface area contributed by atoms with Gasteiger partial charge in [0.15, 0.2) is 5.57 Å². The molecule has 0 radical (unpaired) electrons. The van der Waals surface area contributed by atoms with Crippen molar-refractivity contribution in [3.05, 3.63) is 43.8 Å². The molecule has 0 bridgehead atoms. The Morgan fingerprint density at radius 2 is 2.09 bits per heavy atom. The third-order valence-electron chi connectivity index (χ3n) is 4.76. The zero-order valence-corrected chi connectivity index (χ0v) is 20.7. The lowest BCUT2D eigenvalue weighted by molar-refractivity contribution is -0.117. The van der Waals surface area contributed by atoms with Crippen LogP contribution >= 0.6 is 11.3 Å². The molecule has 0 aliphatic heterocycles. The summed E-state index contributed by atoms with van der Waals surface area (Å²) in [6.07, 6.45) is 1.48. The van der Waals surface area contributed by atoms with Crippen LogP contribution in [0.5, 0.6) is 0 Å². The Morgan fingerprint density at radius 3 is 2.74 bits per heavy atom. The number of nitriles is 1. The third kappa shape index (κ3) is 8.03. The first-order chi connectivity index (χ1) is 16.8. The monoisotopic (exact) mass is 504 g/mol. The van der Waals surface area contributed by atoms with Gasteiger partial charge in [0.2, 0.25) is 5.91 Å². The zero-order chi connectivity index (χ0) is 25.8. The number of thiazole rings is 1. The molecule has 1 aromatic heterocycles. The smallest absolute Gasteiger partial charge is 0.270 e. The van der Waals surface area contributed by atoms with E-state index >= 15 is 0 Å². The van der Waals surface area contributed by atoms with Crippen molar-refractivity contribution in [2.24, 2.45) is 0 Å². The van der Waals surface area contributed by atoms with E-state index in [0.717, 1.165) is 11.3 Å². The van der Waals surface area contributed by atoms with E-state index in [4.69, 9.17) is 4.74 Å². The highest BCUT2D eigenvalue weighted by Crippen LogP contribution is 2.15. The molecule has 0 unspecified atom stereocenters. The maximum Gasteiger partial charge on any atom is 0.270 e. The molecule has 1 aromatic carbocycles. The van der Waals surface area contributed by atoms with Gasteiger partial charge >= 0.3 is 0 Å². The highest BCUT2D eigenvalue weighted by molar-refractivity contribution is 7.07. The fourth-order valence-electron chi connectivity index (χ4n) is 3.04. The molecule has 10 nitrogen and oxygen atoms in total. The van der Waals surface area contributed by atoms with Crippen LogP contribution in [-0.4, -0.2) is 68.4 Å². The van der Waals surface area contributed by atoms with E-state index in [1.165, 1.54) is 10.8 Å².